The number of aliphatic hydroxyl groups is 1. The highest BCUT2D eigenvalue weighted by Crippen LogP contribution is 2.30. The van der Waals surface area contributed by atoms with Gasteiger partial charge >= 0.3 is 0 Å². The molecule has 2 heteroatoms. The Hall–Kier alpha value is -0.860. The molecule has 1 saturated heterocycles. The largest absolute Gasteiger partial charge is 0.393 e. The molecular weight excluding hydrogens is 222 g/mol. The van der Waals surface area contributed by atoms with Crippen LogP contribution in [0, 0.1) is 5.92 Å². The van der Waals surface area contributed by atoms with Crippen LogP contribution in [0.3, 0.4) is 0 Å². The first-order valence-corrected chi connectivity index (χ1v) is 7.19. The lowest BCUT2D eigenvalue weighted by Crippen LogP contribution is -2.39. The molecule has 2 rings (SSSR count). The zero-order valence-electron chi connectivity index (χ0n) is 11.5. The monoisotopic (exact) mass is 247 g/mol. The van der Waals surface area contributed by atoms with Crippen molar-refractivity contribution in [2.24, 2.45) is 5.92 Å². The minimum Gasteiger partial charge on any atom is -0.393 e. The van der Waals surface area contributed by atoms with Crippen molar-refractivity contribution in [2.75, 3.05) is 13.1 Å². The number of hydrogen-bond acceptors (Lipinski definition) is 2. The van der Waals surface area contributed by atoms with Crippen molar-refractivity contribution in [3.63, 3.8) is 0 Å². The smallest absolute Gasteiger partial charge is 0.0541 e. The van der Waals surface area contributed by atoms with Gasteiger partial charge in [-0.25, -0.2) is 0 Å². The molecule has 2 atom stereocenters. The molecule has 1 aromatic carbocycles. The summed E-state index contributed by atoms with van der Waals surface area (Å²) in [6.45, 7) is 6.42. The molecule has 0 amide bonds. The standard InChI is InChI=1S/C16H25NO/c1-3-16(15-7-5-4-6-8-15)17-11-9-14(10-12-17)13(2)18/h4-8,13-14,16,18H,3,9-12H2,1-2H3. The molecule has 18 heavy (non-hydrogen) atoms. The highest BCUT2D eigenvalue weighted by molar-refractivity contribution is 5.19. The third-order valence-corrected chi connectivity index (χ3v) is 4.27. The average molecular weight is 247 g/mol. The van der Waals surface area contributed by atoms with Gasteiger partial charge in [0, 0.05) is 6.04 Å². The highest BCUT2D eigenvalue weighted by atomic mass is 16.3. The fourth-order valence-corrected chi connectivity index (χ4v) is 3.09. The maximum atomic E-state index is 9.66. The molecule has 100 valence electrons. The van der Waals surface area contributed by atoms with Gasteiger partial charge in [-0.2, -0.15) is 0 Å². The Morgan fingerprint density at radius 2 is 1.83 bits per heavy atom. The Balaban J connectivity index is 1.99. The third-order valence-electron chi connectivity index (χ3n) is 4.27. The van der Waals surface area contributed by atoms with E-state index in [0.29, 0.717) is 12.0 Å². The Kier molecular flexibility index (Phi) is 4.79. The summed E-state index contributed by atoms with van der Waals surface area (Å²) in [6, 6.07) is 11.3. The Bertz CT molecular complexity index is 341. The molecule has 0 aromatic heterocycles. The number of benzene rings is 1. The Morgan fingerprint density at radius 3 is 2.33 bits per heavy atom. The summed E-state index contributed by atoms with van der Waals surface area (Å²) < 4.78 is 0. The molecule has 1 aromatic rings. The molecule has 2 unspecified atom stereocenters. The second-order valence-electron chi connectivity index (χ2n) is 5.45. The second-order valence-corrected chi connectivity index (χ2v) is 5.45. The van der Waals surface area contributed by atoms with Crippen LogP contribution < -0.4 is 0 Å². The minimum absolute atomic E-state index is 0.149. The van der Waals surface area contributed by atoms with Crippen LogP contribution in [0.4, 0.5) is 0 Å². The van der Waals surface area contributed by atoms with E-state index < -0.39 is 0 Å². The SMILES string of the molecule is CCC(c1ccccc1)N1CCC(C(C)O)CC1. The van der Waals surface area contributed by atoms with Gasteiger partial charge < -0.3 is 5.11 Å². The lowest BCUT2D eigenvalue weighted by atomic mass is 9.90. The number of nitrogens with zero attached hydrogens (tertiary/aromatic N) is 1. The van der Waals surface area contributed by atoms with E-state index in [2.05, 4.69) is 42.2 Å². The van der Waals surface area contributed by atoms with E-state index in [9.17, 15) is 5.11 Å². The molecule has 1 heterocycles. The van der Waals surface area contributed by atoms with Gasteiger partial charge in [0.25, 0.3) is 0 Å². The number of likely N-dealkylation sites (tertiary alicyclic amines) is 1. The molecule has 2 nitrogen and oxygen atoms in total. The van der Waals surface area contributed by atoms with Crippen molar-refractivity contribution in [1.82, 2.24) is 4.90 Å². The quantitative estimate of drug-likeness (QED) is 0.883. The maximum absolute atomic E-state index is 9.66. The molecule has 0 radical (unpaired) electrons. The number of aliphatic hydroxyl groups excluding tert-OH is 1. The summed E-state index contributed by atoms with van der Waals surface area (Å²) in [7, 11) is 0. The molecule has 1 aliphatic heterocycles. The van der Waals surface area contributed by atoms with E-state index in [1.54, 1.807) is 0 Å². The summed E-state index contributed by atoms with van der Waals surface area (Å²) in [5, 5.41) is 9.66. The first-order chi connectivity index (χ1) is 8.72. The Morgan fingerprint density at radius 1 is 1.22 bits per heavy atom. The van der Waals surface area contributed by atoms with Gasteiger partial charge in [0.15, 0.2) is 0 Å². The van der Waals surface area contributed by atoms with Crippen LogP contribution in [0.5, 0.6) is 0 Å². The van der Waals surface area contributed by atoms with Crippen LogP contribution in [-0.2, 0) is 0 Å². The highest BCUT2D eigenvalue weighted by Gasteiger charge is 2.26. The van der Waals surface area contributed by atoms with Crippen molar-refractivity contribution in [3.8, 4) is 0 Å². The molecule has 0 bridgehead atoms. The van der Waals surface area contributed by atoms with E-state index in [0.717, 1.165) is 32.4 Å². The molecule has 1 aliphatic rings. The van der Waals surface area contributed by atoms with Gasteiger partial charge in [0.1, 0.15) is 0 Å². The lowest BCUT2D eigenvalue weighted by molar-refractivity contribution is 0.0545. The zero-order chi connectivity index (χ0) is 13.0. The predicted octanol–water partition coefficient (Wildman–Crippen LogP) is 3.23. The summed E-state index contributed by atoms with van der Waals surface area (Å²) >= 11 is 0. The van der Waals surface area contributed by atoms with Crippen molar-refractivity contribution in [1.29, 1.82) is 0 Å². The number of piperidine rings is 1. The molecule has 1 fully saturated rings. The first kappa shape index (κ1) is 13.6. The van der Waals surface area contributed by atoms with Gasteiger partial charge in [-0.3, -0.25) is 4.90 Å². The minimum atomic E-state index is -0.149. The van der Waals surface area contributed by atoms with Crippen molar-refractivity contribution >= 4 is 0 Å². The first-order valence-electron chi connectivity index (χ1n) is 7.19. The second kappa shape index (κ2) is 6.35. The van der Waals surface area contributed by atoms with Crippen molar-refractivity contribution < 1.29 is 5.11 Å². The molecule has 0 spiro atoms. The van der Waals surface area contributed by atoms with Gasteiger partial charge in [-0.1, -0.05) is 37.3 Å². The topological polar surface area (TPSA) is 23.5 Å². The van der Waals surface area contributed by atoms with E-state index in [-0.39, 0.29) is 6.10 Å². The molecular formula is C16H25NO. The van der Waals surface area contributed by atoms with E-state index >= 15 is 0 Å². The summed E-state index contributed by atoms with van der Waals surface area (Å²) in [5.74, 6) is 0.495. The molecule has 0 saturated carbocycles. The van der Waals surface area contributed by atoms with Crippen LogP contribution in [0.25, 0.3) is 0 Å². The van der Waals surface area contributed by atoms with Gasteiger partial charge in [0.2, 0.25) is 0 Å². The number of hydrogen-bond donors (Lipinski definition) is 1. The normalized spacial score (nSPS) is 21.7. The van der Waals surface area contributed by atoms with Crippen LogP contribution >= 0.6 is 0 Å². The molecule has 1 N–H and O–H groups in total. The van der Waals surface area contributed by atoms with Gasteiger partial charge in [-0.05, 0) is 50.8 Å². The lowest BCUT2D eigenvalue weighted by Gasteiger charge is -2.38. The van der Waals surface area contributed by atoms with Crippen molar-refractivity contribution in [2.45, 2.75) is 45.3 Å². The third kappa shape index (κ3) is 3.12. The Labute approximate surface area is 111 Å². The number of rotatable bonds is 4. The van der Waals surface area contributed by atoms with Crippen LogP contribution in [0.1, 0.15) is 44.7 Å². The van der Waals surface area contributed by atoms with Gasteiger partial charge in [-0.15, -0.1) is 0 Å². The zero-order valence-corrected chi connectivity index (χ0v) is 11.5. The molecule has 0 aliphatic carbocycles. The maximum Gasteiger partial charge on any atom is 0.0541 e. The summed E-state index contributed by atoms with van der Waals surface area (Å²) in [6.07, 6.45) is 3.26. The van der Waals surface area contributed by atoms with E-state index in [1.807, 2.05) is 6.92 Å². The predicted molar refractivity (Wildman–Crippen MR) is 75.5 cm³/mol. The van der Waals surface area contributed by atoms with E-state index in [4.69, 9.17) is 0 Å². The fraction of sp³-hybridized carbons (Fsp3) is 0.625. The summed E-state index contributed by atoms with van der Waals surface area (Å²) in [5.41, 5.74) is 1.43. The van der Waals surface area contributed by atoms with Gasteiger partial charge in [0.05, 0.1) is 6.10 Å². The van der Waals surface area contributed by atoms with Crippen LogP contribution in [0.15, 0.2) is 30.3 Å². The summed E-state index contributed by atoms with van der Waals surface area (Å²) in [4.78, 5) is 2.58. The van der Waals surface area contributed by atoms with Crippen LogP contribution in [-0.4, -0.2) is 29.2 Å². The van der Waals surface area contributed by atoms with E-state index in [1.165, 1.54) is 5.56 Å². The average Bonchev–Trinajstić information content (AvgIpc) is 2.41. The van der Waals surface area contributed by atoms with Crippen molar-refractivity contribution in [3.05, 3.63) is 35.9 Å². The van der Waals surface area contributed by atoms with Crippen LogP contribution in [0.2, 0.25) is 0 Å². The fourth-order valence-electron chi connectivity index (χ4n) is 3.09.